The number of aromatic nitrogens is 2. The fraction of sp³-hybridized carbons (Fsp3) is 0.409. The summed E-state index contributed by atoms with van der Waals surface area (Å²) < 4.78 is 0. The average Bonchev–Trinajstić information content (AvgIpc) is 2.96. The maximum atomic E-state index is 4.15. The van der Waals surface area contributed by atoms with Crippen LogP contribution in [0.4, 0.5) is 0 Å². The van der Waals surface area contributed by atoms with E-state index in [9.17, 15) is 0 Å². The molecule has 3 aliphatic rings. The van der Waals surface area contributed by atoms with Crippen molar-refractivity contribution in [2.24, 2.45) is 5.92 Å². The second-order valence-corrected chi connectivity index (χ2v) is 7.98. The predicted molar refractivity (Wildman–Crippen MR) is 105 cm³/mol. The van der Waals surface area contributed by atoms with E-state index in [0.29, 0.717) is 6.04 Å². The molecule has 26 heavy (non-hydrogen) atoms. The molecule has 134 valence electrons. The Kier molecular flexibility index (Phi) is 4.23. The van der Waals surface area contributed by atoms with Crippen LogP contribution < -0.4 is 0 Å². The van der Waals surface area contributed by atoms with Crippen molar-refractivity contribution in [3.63, 3.8) is 0 Å². The number of H-pyrrole nitrogens is 1. The highest BCUT2D eigenvalue weighted by molar-refractivity contribution is 5.79. The number of pyridine rings is 1. The molecule has 0 radical (unpaired) electrons. The molecule has 4 nitrogen and oxygen atoms in total. The van der Waals surface area contributed by atoms with E-state index < -0.39 is 0 Å². The van der Waals surface area contributed by atoms with E-state index in [1.165, 1.54) is 54.5 Å². The molecule has 2 bridgehead atoms. The molecule has 4 heteroatoms. The molecular weight excluding hydrogens is 320 g/mol. The Morgan fingerprint density at radius 3 is 2.77 bits per heavy atom. The van der Waals surface area contributed by atoms with Gasteiger partial charge in [0, 0.05) is 62.9 Å². The number of piperidine rings is 1. The molecule has 1 N–H and O–H groups in total. The van der Waals surface area contributed by atoms with Gasteiger partial charge in [-0.3, -0.25) is 14.8 Å². The summed E-state index contributed by atoms with van der Waals surface area (Å²) in [7, 11) is 0. The van der Waals surface area contributed by atoms with Crippen molar-refractivity contribution in [3.05, 3.63) is 66.1 Å². The van der Waals surface area contributed by atoms with E-state index in [0.717, 1.165) is 19.0 Å². The Balaban J connectivity index is 1.30. The first-order valence-corrected chi connectivity index (χ1v) is 9.75. The van der Waals surface area contributed by atoms with Crippen molar-refractivity contribution < 1.29 is 0 Å². The summed E-state index contributed by atoms with van der Waals surface area (Å²) in [4.78, 5) is 12.8. The molecule has 5 heterocycles. The highest BCUT2D eigenvalue weighted by atomic mass is 15.3. The van der Waals surface area contributed by atoms with Crippen molar-refractivity contribution >= 4 is 10.9 Å². The van der Waals surface area contributed by atoms with Gasteiger partial charge in [-0.05, 0) is 65.6 Å². The first-order valence-electron chi connectivity index (χ1n) is 9.75. The van der Waals surface area contributed by atoms with Crippen LogP contribution in [0.5, 0.6) is 0 Å². The van der Waals surface area contributed by atoms with Gasteiger partial charge in [0.2, 0.25) is 0 Å². The van der Waals surface area contributed by atoms with Gasteiger partial charge in [0.15, 0.2) is 0 Å². The van der Waals surface area contributed by atoms with Crippen LogP contribution in [0.15, 0.2) is 55.0 Å². The first kappa shape index (κ1) is 16.0. The molecule has 0 amide bonds. The minimum atomic E-state index is 0.678. The highest BCUT2D eigenvalue weighted by Crippen LogP contribution is 2.30. The van der Waals surface area contributed by atoms with Gasteiger partial charge in [-0.15, -0.1) is 0 Å². The first-order chi connectivity index (χ1) is 12.8. The number of nitrogens with one attached hydrogen (secondary N) is 1. The Morgan fingerprint density at radius 1 is 0.923 bits per heavy atom. The number of benzene rings is 1. The molecule has 2 atom stereocenters. The van der Waals surface area contributed by atoms with Gasteiger partial charge < -0.3 is 4.98 Å². The molecule has 0 saturated carbocycles. The number of hydrogen-bond acceptors (Lipinski definition) is 3. The zero-order valence-corrected chi connectivity index (χ0v) is 15.1. The monoisotopic (exact) mass is 346 g/mol. The van der Waals surface area contributed by atoms with Crippen molar-refractivity contribution in [2.45, 2.75) is 32.0 Å². The van der Waals surface area contributed by atoms with Gasteiger partial charge in [-0.25, -0.2) is 0 Å². The van der Waals surface area contributed by atoms with Crippen molar-refractivity contribution in [3.8, 4) is 0 Å². The molecule has 3 aromatic rings. The lowest BCUT2D eigenvalue weighted by Crippen LogP contribution is -2.43. The Morgan fingerprint density at radius 2 is 1.85 bits per heavy atom. The number of fused-ring (bicyclic) bond motifs is 5. The van der Waals surface area contributed by atoms with E-state index in [1.807, 2.05) is 18.6 Å². The second kappa shape index (κ2) is 6.86. The largest absolute Gasteiger partial charge is 0.361 e. The SMILES string of the molecule is c1cc(CN2C[C@@H]3CC[C@H](C2)N(Cc2ccc4[nH]ccc4c2)C3)ccn1. The van der Waals surface area contributed by atoms with Crippen LogP contribution in [0.25, 0.3) is 10.9 Å². The number of aromatic amines is 1. The number of nitrogens with zero attached hydrogens (tertiary/aromatic N) is 3. The van der Waals surface area contributed by atoms with Crippen LogP contribution in [0.2, 0.25) is 0 Å². The Bertz CT molecular complexity index is 872. The predicted octanol–water partition coefficient (Wildman–Crippen LogP) is 3.66. The van der Waals surface area contributed by atoms with Crippen molar-refractivity contribution in [1.29, 1.82) is 0 Å². The van der Waals surface area contributed by atoms with Crippen LogP contribution in [0.3, 0.4) is 0 Å². The summed E-state index contributed by atoms with van der Waals surface area (Å²) in [5.41, 5.74) is 4.05. The highest BCUT2D eigenvalue weighted by Gasteiger charge is 2.34. The lowest BCUT2D eigenvalue weighted by molar-refractivity contribution is 0.123. The minimum absolute atomic E-state index is 0.678. The molecular formula is C22H26N4. The third-order valence-corrected chi connectivity index (χ3v) is 6.06. The lowest BCUT2D eigenvalue weighted by Gasteiger charge is -2.36. The molecule has 6 rings (SSSR count). The van der Waals surface area contributed by atoms with Gasteiger partial charge in [0.1, 0.15) is 0 Å². The van der Waals surface area contributed by atoms with Crippen LogP contribution in [0, 0.1) is 5.92 Å². The summed E-state index contributed by atoms with van der Waals surface area (Å²) in [6, 6.07) is 14.0. The van der Waals surface area contributed by atoms with Crippen LogP contribution >= 0.6 is 0 Å². The second-order valence-electron chi connectivity index (χ2n) is 7.98. The molecule has 0 spiro atoms. The molecule has 0 unspecified atom stereocenters. The van der Waals surface area contributed by atoms with Crippen LogP contribution in [0.1, 0.15) is 24.0 Å². The normalized spacial score (nSPS) is 24.2. The zero-order chi connectivity index (χ0) is 17.3. The zero-order valence-electron chi connectivity index (χ0n) is 15.1. The van der Waals surface area contributed by atoms with Crippen LogP contribution in [-0.2, 0) is 13.1 Å². The maximum absolute atomic E-state index is 4.15. The van der Waals surface area contributed by atoms with Gasteiger partial charge in [0.05, 0.1) is 0 Å². The van der Waals surface area contributed by atoms with Crippen molar-refractivity contribution in [1.82, 2.24) is 19.8 Å². The van der Waals surface area contributed by atoms with E-state index >= 15 is 0 Å². The summed E-state index contributed by atoms with van der Waals surface area (Å²) >= 11 is 0. The molecule has 2 aromatic heterocycles. The quantitative estimate of drug-likeness (QED) is 0.783. The summed E-state index contributed by atoms with van der Waals surface area (Å²) in [5, 5.41) is 1.32. The fourth-order valence-electron chi connectivity index (χ4n) is 4.78. The summed E-state index contributed by atoms with van der Waals surface area (Å²) in [6.45, 7) is 5.78. The minimum Gasteiger partial charge on any atom is -0.361 e. The molecule has 1 aromatic carbocycles. The van der Waals surface area contributed by atoms with Gasteiger partial charge >= 0.3 is 0 Å². The molecule has 3 fully saturated rings. The van der Waals surface area contributed by atoms with Gasteiger partial charge in [0.25, 0.3) is 0 Å². The molecule has 0 aliphatic carbocycles. The average molecular weight is 346 g/mol. The Hall–Kier alpha value is -2.17. The number of hydrogen-bond donors (Lipinski definition) is 1. The Labute approximate surface area is 154 Å². The van der Waals surface area contributed by atoms with Gasteiger partial charge in [-0.2, -0.15) is 0 Å². The van der Waals surface area contributed by atoms with E-state index in [2.05, 4.69) is 56.2 Å². The number of rotatable bonds is 4. The maximum Gasteiger partial charge on any atom is 0.0454 e. The fourth-order valence-corrected chi connectivity index (χ4v) is 4.78. The van der Waals surface area contributed by atoms with E-state index in [4.69, 9.17) is 0 Å². The standard InChI is InChI=1S/C22H26N4/c1-3-21-16-25(12-17-5-8-23-9-6-17)13-19(1)15-26(21)14-18-2-4-22-20(11-18)7-10-24-22/h2,4-11,19,21,24H,1,3,12-16H2/t19-,21+/m0/s1. The lowest BCUT2D eigenvalue weighted by atomic mass is 9.94. The van der Waals surface area contributed by atoms with Crippen molar-refractivity contribution in [2.75, 3.05) is 19.6 Å². The third-order valence-electron chi connectivity index (χ3n) is 6.06. The van der Waals surface area contributed by atoms with Crippen LogP contribution in [-0.4, -0.2) is 45.4 Å². The summed E-state index contributed by atoms with van der Waals surface area (Å²) in [5.74, 6) is 0.798. The van der Waals surface area contributed by atoms with E-state index in [-0.39, 0.29) is 0 Å². The molecule has 3 aliphatic heterocycles. The molecule has 3 saturated heterocycles. The van der Waals surface area contributed by atoms with Gasteiger partial charge in [-0.1, -0.05) is 6.07 Å². The smallest absolute Gasteiger partial charge is 0.0454 e. The topological polar surface area (TPSA) is 35.2 Å². The van der Waals surface area contributed by atoms with E-state index in [1.54, 1.807) is 0 Å². The summed E-state index contributed by atoms with van der Waals surface area (Å²) in [6.07, 6.45) is 8.56. The third kappa shape index (κ3) is 3.27.